The van der Waals surface area contributed by atoms with Crippen LogP contribution in [0.3, 0.4) is 0 Å². The molecule has 0 bridgehead atoms. The molecular formula is C14H19ClN2O. The molecule has 2 rings (SSSR count). The lowest BCUT2D eigenvalue weighted by molar-refractivity contribution is -0.116. The highest BCUT2D eigenvalue weighted by Gasteiger charge is 2.25. The van der Waals surface area contributed by atoms with Crippen molar-refractivity contribution in [3.8, 4) is 0 Å². The quantitative estimate of drug-likeness (QED) is 0.809. The first-order chi connectivity index (χ1) is 8.33. The van der Waals surface area contributed by atoms with Crippen molar-refractivity contribution >= 4 is 28.9 Å². The highest BCUT2D eigenvalue weighted by molar-refractivity contribution is 6.31. The average molecular weight is 267 g/mol. The van der Waals surface area contributed by atoms with Crippen LogP contribution >= 0.6 is 11.6 Å². The molecule has 0 saturated heterocycles. The van der Waals surface area contributed by atoms with Gasteiger partial charge in [-0.05, 0) is 30.0 Å². The van der Waals surface area contributed by atoms with Crippen LogP contribution in [0.15, 0.2) is 18.2 Å². The van der Waals surface area contributed by atoms with Crippen molar-refractivity contribution in [1.29, 1.82) is 0 Å². The van der Waals surface area contributed by atoms with Gasteiger partial charge < -0.3 is 10.6 Å². The Morgan fingerprint density at radius 3 is 2.72 bits per heavy atom. The van der Waals surface area contributed by atoms with E-state index >= 15 is 0 Å². The van der Waals surface area contributed by atoms with Crippen LogP contribution in [-0.2, 0) is 4.79 Å². The number of carbonyl (C=O) groups is 1. The Kier molecular flexibility index (Phi) is 3.53. The maximum absolute atomic E-state index is 11.9. The van der Waals surface area contributed by atoms with E-state index in [1.165, 1.54) is 0 Å². The molecule has 98 valence electrons. The number of fused-ring (bicyclic) bond motifs is 1. The van der Waals surface area contributed by atoms with E-state index < -0.39 is 0 Å². The van der Waals surface area contributed by atoms with E-state index in [9.17, 15) is 4.79 Å². The van der Waals surface area contributed by atoms with Gasteiger partial charge in [-0.15, -0.1) is 0 Å². The van der Waals surface area contributed by atoms with Crippen LogP contribution in [0.4, 0.5) is 11.4 Å². The Morgan fingerprint density at radius 1 is 1.33 bits per heavy atom. The number of halogens is 1. The van der Waals surface area contributed by atoms with Crippen molar-refractivity contribution in [2.24, 2.45) is 5.41 Å². The number of anilines is 2. The van der Waals surface area contributed by atoms with Crippen molar-refractivity contribution in [2.75, 3.05) is 10.6 Å². The van der Waals surface area contributed by atoms with Gasteiger partial charge in [0.15, 0.2) is 0 Å². The van der Waals surface area contributed by atoms with E-state index in [0.29, 0.717) is 11.4 Å². The van der Waals surface area contributed by atoms with Gasteiger partial charge in [0.05, 0.1) is 11.4 Å². The molecule has 1 aromatic rings. The summed E-state index contributed by atoms with van der Waals surface area (Å²) in [6, 6.07) is 5.69. The summed E-state index contributed by atoms with van der Waals surface area (Å²) < 4.78 is 0. The summed E-state index contributed by atoms with van der Waals surface area (Å²) in [6.45, 7) is 6.54. The van der Waals surface area contributed by atoms with Gasteiger partial charge in [0.25, 0.3) is 0 Å². The predicted octanol–water partition coefficient (Wildman–Crippen LogP) is 3.90. The van der Waals surface area contributed by atoms with Gasteiger partial charge in [-0.25, -0.2) is 0 Å². The van der Waals surface area contributed by atoms with E-state index in [1.807, 2.05) is 12.1 Å². The Hall–Kier alpha value is -1.22. The van der Waals surface area contributed by atoms with E-state index in [-0.39, 0.29) is 17.4 Å². The molecule has 1 aliphatic heterocycles. The van der Waals surface area contributed by atoms with Crippen molar-refractivity contribution in [2.45, 2.75) is 39.7 Å². The summed E-state index contributed by atoms with van der Waals surface area (Å²) >= 11 is 5.94. The smallest absolute Gasteiger partial charge is 0.226 e. The first-order valence-corrected chi connectivity index (χ1v) is 6.57. The molecule has 1 heterocycles. The zero-order valence-electron chi connectivity index (χ0n) is 11.0. The Bertz CT molecular complexity index is 465. The number of benzene rings is 1. The van der Waals surface area contributed by atoms with Gasteiger partial charge in [0, 0.05) is 17.5 Å². The lowest BCUT2D eigenvalue weighted by atomic mass is 9.87. The molecule has 0 saturated carbocycles. The standard InChI is InChI=1S/C14H19ClN2O/c1-14(2,3)8-10-7-13(18)17-12-6-9(15)4-5-11(12)16-10/h4-6,10,16H,7-8H2,1-3H3,(H,17,18). The van der Waals surface area contributed by atoms with Gasteiger partial charge in [-0.2, -0.15) is 0 Å². The van der Waals surface area contributed by atoms with Crippen LogP contribution in [0.1, 0.15) is 33.6 Å². The number of nitrogens with one attached hydrogen (secondary N) is 2. The average Bonchev–Trinajstić information content (AvgIpc) is 2.32. The fourth-order valence-electron chi connectivity index (χ4n) is 2.30. The second kappa shape index (κ2) is 4.81. The van der Waals surface area contributed by atoms with Crippen LogP contribution in [0, 0.1) is 5.41 Å². The van der Waals surface area contributed by atoms with Crippen molar-refractivity contribution in [1.82, 2.24) is 0 Å². The highest BCUT2D eigenvalue weighted by Crippen LogP contribution is 2.32. The first kappa shape index (κ1) is 13.2. The molecular weight excluding hydrogens is 248 g/mol. The van der Waals surface area contributed by atoms with Gasteiger partial charge in [0.1, 0.15) is 0 Å². The van der Waals surface area contributed by atoms with Crippen LogP contribution in [0.25, 0.3) is 0 Å². The minimum atomic E-state index is 0.0396. The molecule has 0 aromatic heterocycles. The van der Waals surface area contributed by atoms with Gasteiger partial charge >= 0.3 is 0 Å². The Balaban J connectivity index is 2.24. The summed E-state index contributed by atoms with van der Waals surface area (Å²) in [7, 11) is 0. The van der Waals surface area contributed by atoms with E-state index in [0.717, 1.165) is 17.8 Å². The van der Waals surface area contributed by atoms with Crippen LogP contribution in [-0.4, -0.2) is 11.9 Å². The largest absolute Gasteiger partial charge is 0.380 e. The first-order valence-electron chi connectivity index (χ1n) is 6.19. The maximum atomic E-state index is 11.9. The summed E-state index contributed by atoms with van der Waals surface area (Å²) in [5, 5.41) is 6.95. The minimum absolute atomic E-state index is 0.0396. The monoisotopic (exact) mass is 266 g/mol. The number of rotatable bonds is 1. The molecule has 4 heteroatoms. The molecule has 1 aromatic carbocycles. The van der Waals surface area contributed by atoms with Gasteiger partial charge in [0.2, 0.25) is 5.91 Å². The lowest BCUT2D eigenvalue weighted by Gasteiger charge is -2.25. The number of carbonyl (C=O) groups excluding carboxylic acids is 1. The topological polar surface area (TPSA) is 41.1 Å². The molecule has 1 amide bonds. The fraction of sp³-hybridized carbons (Fsp3) is 0.500. The fourth-order valence-corrected chi connectivity index (χ4v) is 2.48. The molecule has 0 aliphatic carbocycles. The second-order valence-corrected chi connectivity index (χ2v) is 6.48. The maximum Gasteiger partial charge on any atom is 0.226 e. The Morgan fingerprint density at radius 2 is 2.06 bits per heavy atom. The van der Waals surface area contributed by atoms with Gasteiger partial charge in [-0.1, -0.05) is 32.4 Å². The third-order valence-electron chi connectivity index (χ3n) is 2.91. The number of amides is 1. The molecule has 1 aliphatic rings. The van der Waals surface area contributed by atoms with Crippen LogP contribution in [0.2, 0.25) is 5.02 Å². The molecule has 2 N–H and O–H groups in total. The molecule has 1 unspecified atom stereocenters. The molecule has 0 radical (unpaired) electrons. The number of hydrogen-bond acceptors (Lipinski definition) is 2. The van der Waals surface area contributed by atoms with Crippen molar-refractivity contribution in [3.63, 3.8) is 0 Å². The zero-order chi connectivity index (χ0) is 13.3. The molecule has 3 nitrogen and oxygen atoms in total. The SMILES string of the molecule is CC(C)(C)CC1CC(=O)Nc2cc(Cl)ccc2N1. The summed E-state index contributed by atoms with van der Waals surface area (Å²) in [5.41, 5.74) is 1.90. The Labute approximate surface area is 113 Å². The lowest BCUT2D eigenvalue weighted by Crippen LogP contribution is -2.27. The van der Waals surface area contributed by atoms with Crippen LogP contribution < -0.4 is 10.6 Å². The van der Waals surface area contributed by atoms with E-state index in [1.54, 1.807) is 6.07 Å². The summed E-state index contributed by atoms with van der Waals surface area (Å²) in [6.07, 6.45) is 1.44. The van der Waals surface area contributed by atoms with Crippen molar-refractivity contribution < 1.29 is 4.79 Å². The molecule has 1 atom stereocenters. The third kappa shape index (κ3) is 3.39. The third-order valence-corrected chi connectivity index (χ3v) is 3.14. The van der Waals surface area contributed by atoms with Crippen molar-refractivity contribution in [3.05, 3.63) is 23.2 Å². The molecule has 0 fully saturated rings. The van der Waals surface area contributed by atoms with E-state index in [4.69, 9.17) is 11.6 Å². The minimum Gasteiger partial charge on any atom is -0.380 e. The van der Waals surface area contributed by atoms with Crippen LogP contribution in [0.5, 0.6) is 0 Å². The number of hydrogen-bond donors (Lipinski definition) is 2. The summed E-state index contributed by atoms with van der Waals surface area (Å²) in [5.74, 6) is 0.0396. The predicted molar refractivity (Wildman–Crippen MR) is 76.2 cm³/mol. The molecule has 18 heavy (non-hydrogen) atoms. The zero-order valence-corrected chi connectivity index (χ0v) is 11.8. The van der Waals surface area contributed by atoms with E-state index in [2.05, 4.69) is 31.4 Å². The highest BCUT2D eigenvalue weighted by atomic mass is 35.5. The summed E-state index contributed by atoms with van der Waals surface area (Å²) in [4.78, 5) is 11.9. The van der Waals surface area contributed by atoms with Gasteiger partial charge in [-0.3, -0.25) is 4.79 Å². The second-order valence-electron chi connectivity index (χ2n) is 6.05. The normalized spacial score (nSPS) is 19.6. The molecule has 0 spiro atoms.